The number of esters is 1. The molecule has 1 heterocycles. The molecule has 0 N–H and O–H groups in total. The summed E-state index contributed by atoms with van der Waals surface area (Å²) in [7, 11) is 0. The molecule has 1 atom stereocenters. The van der Waals surface area contributed by atoms with Gasteiger partial charge in [-0.2, -0.15) is 5.26 Å². The van der Waals surface area contributed by atoms with Crippen molar-refractivity contribution in [1.29, 1.82) is 5.26 Å². The molecule has 1 aromatic heterocycles. The van der Waals surface area contributed by atoms with Crippen molar-refractivity contribution in [1.82, 2.24) is 0 Å². The number of nitriles is 1. The van der Waals surface area contributed by atoms with E-state index in [0.717, 1.165) is 5.56 Å². The van der Waals surface area contributed by atoms with E-state index in [9.17, 15) is 4.79 Å². The van der Waals surface area contributed by atoms with Crippen molar-refractivity contribution in [2.45, 2.75) is 33.3 Å². The first-order valence-corrected chi connectivity index (χ1v) is 7.53. The fraction of sp³-hybridized carbons (Fsp3) is 0.263. The summed E-state index contributed by atoms with van der Waals surface area (Å²) in [5, 5.41) is 9.14. The summed E-state index contributed by atoms with van der Waals surface area (Å²) in [6.45, 7) is 5.71. The summed E-state index contributed by atoms with van der Waals surface area (Å²) in [4.78, 5) is 11.9. The van der Waals surface area contributed by atoms with Crippen molar-refractivity contribution in [3.63, 3.8) is 0 Å². The molecule has 4 heteroatoms. The van der Waals surface area contributed by atoms with Gasteiger partial charge in [0.25, 0.3) is 0 Å². The van der Waals surface area contributed by atoms with Gasteiger partial charge in [-0.15, -0.1) is 0 Å². The van der Waals surface area contributed by atoms with Crippen LogP contribution >= 0.6 is 0 Å². The Hall–Kier alpha value is -2.80. The predicted octanol–water partition coefficient (Wildman–Crippen LogP) is 4.50. The molecule has 0 fully saturated rings. The predicted molar refractivity (Wildman–Crippen MR) is 88.3 cm³/mol. The molecule has 0 saturated heterocycles. The number of benzene rings is 1. The highest BCUT2D eigenvalue weighted by atomic mass is 16.5. The molecule has 2 aromatic rings. The summed E-state index contributed by atoms with van der Waals surface area (Å²) in [5.74, 6) is 0.497. The van der Waals surface area contributed by atoms with Gasteiger partial charge in [-0.1, -0.05) is 36.8 Å². The Bertz CT molecular complexity index is 748. The summed E-state index contributed by atoms with van der Waals surface area (Å²) in [6.07, 6.45) is 1.88. The van der Waals surface area contributed by atoms with E-state index < -0.39 is 5.97 Å². The van der Waals surface area contributed by atoms with Crippen LogP contribution in [0.4, 0.5) is 0 Å². The van der Waals surface area contributed by atoms with E-state index in [0.29, 0.717) is 17.9 Å². The molecule has 118 valence electrons. The zero-order valence-electron chi connectivity index (χ0n) is 13.5. The summed E-state index contributed by atoms with van der Waals surface area (Å²) in [5.41, 5.74) is 2.03. The number of furan rings is 1. The minimum atomic E-state index is -0.630. The van der Waals surface area contributed by atoms with Gasteiger partial charge < -0.3 is 9.15 Å². The van der Waals surface area contributed by atoms with Crippen LogP contribution in [0.1, 0.15) is 31.6 Å². The topological polar surface area (TPSA) is 63.2 Å². The second-order valence-corrected chi connectivity index (χ2v) is 5.36. The lowest BCUT2D eigenvalue weighted by Gasteiger charge is -2.09. The first-order chi connectivity index (χ1) is 11.0. The highest BCUT2D eigenvalue weighted by molar-refractivity contribution is 5.97. The Morgan fingerprint density at radius 1 is 1.30 bits per heavy atom. The highest BCUT2D eigenvalue weighted by Gasteiger charge is 2.15. The van der Waals surface area contributed by atoms with Crippen molar-refractivity contribution in [2.75, 3.05) is 0 Å². The second-order valence-electron chi connectivity index (χ2n) is 5.36. The fourth-order valence-electron chi connectivity index (χ4n) is 1.91. The number of nitrogens with zero attached hydrogens (tertiary/aromatic N) is 1. The van der Waals surface area contributed by atoms with Gasteiger partial charge in [0.15, 0.2) is 0 Å². The lowest BCUT2D eigenvalue weighted by atomic mass is 10.1. The van der Waals surface area contributed by atoms with E-state index in [1.165, 1.54) is 11.6 Å². The number of hydrogen-bond acceptors (Lipinski definition) is 4. The molecule has 0 aliphatic carbocycles. The van der Waals surface area contributed by atoms with Crippen molar-refractivity contribution < 1.29 is 13.9 Å². The fourth-order valence-corrected chi connectivity index (χ4v) is 1.91. The Morgan fingerprint density at radius 3 is 2.61 bits per heavy atom. The number of aryl methyl sites for hydroxylation is 1. The Balaban J connectivity index is 2.20. The number of ether oxygens (including phenoxy) is 1. The summed E-state index contributed by atoms with van der Waals surface area (Å²) >= 11 is 0. The number of rotatable bonds is 5. The van der Waals surface area contributed by atoms with Crippen LogP contribution in [0, 0.1) is 18.3 Å². The molecule has 2 rings (SSSR count). The van der Waals surface area contributed by atoms with Gasteiger partial charge in [-0.05, 0) is 32.4 Å². The third kappa shape index (κ3) is 4.33. The van der Waals surface area contributed by atoms with Crippen molar-refractivity contribution in [2.24, 2.45) is 0 Å². The monoisotopic (exact) mass is 309 g/mol. The third-order valence-corrected chi connectivity index (χ3v) is 3.47. The van der Waals surface area contributed by atoms with Gasteiger partial charge in [0.1, 0.15) is 23.2 Å². The van der Waals surface area contributed by atoms with Crippen LogP contribution in [0.2, 0.25) is 0 Å². The van der Waals surface area contributed by atoms with Crippen LogP contribution in [-0.4, -0.2) is 12.1 Å². The van der Waals surface area contributed by atoms with Gasteiger partial charge >= 0.3 is 5.97 Å². The standard InChI is InChI=1S/C19H19NO3/c1-4-14(3)22-19(21)16(12-20)11-17-9-10-18(23-17)15-7-5-13(2)6-8-15/h5-11,14H,4H2,1-3H3/b16-11+. The maximum absolute atomic E-state index is 11.9. The summed E-state index contributed by atoms with van der Waals surface area (Å²) in [6, 6.07) is 13.3. The molecular formula is C19H19NO3. The maximum Gasteiger partial charge on any atom is 0.349 e. The van der Waals surface area contributed by atoms with Gasteiger partial charge in [0, 0.05) is 11.6 Å². The van der Waals surface area contributed by atoms with E-state index in [-0.39, 0.29) is 11.7 Å². The Kier molecular flexibility index (Phi) is 5.37. The molecule has 0 saturated carbocycles. The van der Waals surface area contributed by atoms with Crippen LogP contribution in [0.25, 0.3) is 17.4 Å². The molecule has 1 aromatic carbocycles. The van der Waals surface area contributed by atoms with E-state index >= 15 is 0 Å². The normalized spacial score (nSPS) is 12.5. The minimum Gasteiger partial charge on any atom is -0.459 e. The van der Waals surface area contributed by atoms with Crippen molar-refractivity contribution in [3.8, 4) is 17.4 Å². The molecule has 1 unspecified atom stereocenters. The highest BCUT2D eigenvalue weighted by Crippen LogP contribution is 2.24. The van der Waals surface area contributed by atoms with Crippen LogP contribution in [-0.2, 0) is 9.53 Å². The van der Waals surface area contributed by atoms with Crippen LogP contribution in [0.3, 0.4) is 0 Å². The lowest BCUT2D eigenvalue weighted by Crippen LogP contribution is -2.15. The average Bonchev–Trinajstić information content (AvgIpc) is 3.01. The SMILES string of the molecule is CCC(C)OC(=O)/C(C#N)=C/c1ccc(-c2ccc(C)cc2)o1. The van der Waals surface area contributed by atoms with Crippen LogP contribution < -0.4 is 0 Å². The van der Waals surface area contributed by atoms with Gasteiger partial charge in [0.2, 0.25) is 0 Å². The molecule has 0 radical (unpaired) electrons. The van der Waals surface area contributed by atoms with Gasteiger partial charge in [-0.25, -0.2) is 4.79 Å². The Morgan fingerprint density at radius 2 is 2.00 bits per heavy atom. The van der Waals surface area contributed by atoms with E-state index in [1.807, 2.05) is 50.2 Å². The number of carbonyl (C=O) groups excluding carboxylic acids is 1. The second kappa shape index (κ2) is 7.46. The van der Waals surface area contributed by atoms with Crippen molar-refractivity contribution in [3.05, 3.63) is 53.3 Å². The zero-order valence-corrected chi connectivity index (χ0v) is 13.5. The van der Waals surface area contributed by atoms with Crippen LogP contribution in [0.5, 0.6) is 0 Å². The van der Waals surface area contributed by atoms with Crippen LogP contribution in [0.15, 0.2) is 46.4 Å². The lowest BCUT2D eigenvalue weighted by molar-refractivity contribution is -0.142. The molecule has 0 bridgehead atoms. The first-order valence-electron chi connectivity index (χ1n) is 7.53. The Labute approximate surface area is 136 Å². The maximum atomic E-state index is 11.9. The molecule has 4 nitrogen and oxygen atoms in total. The molecule has 23 heavy (non-hydrogen) atoms. The van der Waals surface area contributed by atoms with E-state index in [2.05, 4.69) is 0 Å². The quantitative estimate of drug-likeness (QED) is 0.463. The summed E-state index contributed by atoms with van der Waals surface area (Å²) < 4.78 is 10.8. The van der Waals surface area contributed by atoms with Gasteiger partial charge in [0.05, 0.1) is 6.10 Å². The smallest absolute Gasteiger partial charge is 0.349 e. The molecular weight excluding hydrogens is 290 g/mol. The minimum absolute atomic E-state index is 0.0740. The molecule has 0 aliphatic rings. The van der Waals surface area contributed by atoms with E-state index in [1.54, 1.807) is 13.0 Å². The number of carbonyl (C=O) groups is 1. The number of hydrogen-bond donors (Lipinski definition) is 0. The van der Waals surface area contributed by atoms with Crippen molar-refractivity contribution >= 4 is 12.0 Å². The third-order valence-electron chi connectivity index (χ3n) is 3.47. The molecule has 0 spiro atoms. The first kappa shape index (κ1) is 16.6. The largest absolute Gasteiger partial charge is 0.459 e. The van der Waals surface area contributed by atoms with Gasteiger partial charge in [-0.3, -0.25) is 0 Å². The molecule has 0 aliphatic heterocycles. The molecule has 0 amide bonds. The average molecular weight is 309 g/mol. The van der Waals surface area contributed by atoms with E-state index in [4.69, 9.17) is 14.4 Å². The zero-order chi connectivity index (χ0) is 16.8.